The van der Waals surface area contributed by atoms with Crippen molar-refractivity contribution in [2.75, 3.05) is 7.05 Å². The number of hydrogen-bond donors (Lipinski definition) is 0. The minimum absolute atomic E-state index is 0.0444. The van der Waals surface area contributed by atoms with E-state index in [2.05, 4.69) is 10.2 Å². The van der Waals surface area contributed by atoms with Crippen LogP contribution >= 0.6 is 0 Å². The smallest absolute Gasteiger partial charge is 0.255 e. The number of aryl methyl sites for hydroxylation is 2. The second-order valence-electron chi connectivity index (χ2n) is 4.72. The van der Waals surface area contributed by atoms with Gasteiger partial charge in [0, 0.05) is 32.4 Å². The quantitative estimate of drug-likeness (QED) is 0.843. The van der Waals surface area contributed by atoms with E-state index in [0.29, 0.717) is 23.9 Å². The van der Waals surface area contributed by atoms with Gasteiger partial charge in [-0.3, -0.25) is 4.79 Å². The van der Waals surface area contributed by atoms with Gasteiger partial charge in [-0.15, -0.1) is 10.2 Å². The summed E-state index contributed by atoms with van der Waals surface area (Å²) in [4.78, 5) is 13.9. The Hall–Kier alpha value is -2.11. The van der Waals surface area contributed by atoms with E-state index in [-0.39, 0.29) is 5.91 Å². The van der Waals surface area contributed by atoms with Gasteiger partial charge in [-0.2, -0.15) is 0 Å². The fourth-order valence-electron chi connectivity index (χ4n) is 1.95. The summed E-state index contributed by atoms with van der Waals surface area (Å²) in [5.74, 6) is 0.901. The van der Waals surface area contributed by atoms with Crippen molar-refractivity contribution in [3.63, 3.8) is 0 Å². The minimum Gasteiger partial charge on any atom is -0.424 e. The summed E-state index contributed by atoms with van der Waals surface area (Å²) in [5, 5.41) is 7.64. The molecule has 0 bridgehead atoms. The van der Waals surface area contributed by atoms with Crippen LogP contribution in [-0.2, 0) is 13.6 Å². The van der Waals surface area contributed by atoms with E-state index in [9.17, 15) is 4.79 Å². The zero-order valence-corrected chi connectivity index (χ0v) is 11.9. The van der Waals surface area contributed by atoms with Gasteiger partial charge in [0.25, 0.3) is 5.91 Å². The van der Waals surface area contributed by atoms with E-state index in [4.69, 9.17) is 4.42 Å². The fourth-order valence-corrected chi connectivity index (χ4v) is 1.95. The van der Waals surface area contributed by atoms with Crippen LogP contribution in [0.4, 0.5) is 0 Å². The number of carbonyl (C=O) groups excluding carboxylic acids is 1. The summed E-state index contributed by atoms with van der Waals surface area (Å²) >= 11 is 0. The minimum atomic E-state index is -0.0444. The summed E-state index contributed by atoms with van der Waals surface area (Å²) in [6.07, 6.45) is 0. The molecule has 6 heteroatoms. The normalized spacial score (nSPS) is 10.8. The molecule has 6 nitrogen and oxygen atoms in total. The van der Waals surface area contributed by atoms with Crippen molar-refractivity contribution in [2.24, 2.45) is 7.05 Å². The molecule has 0 fully saturated rings. The molecule has 0 unspecified atom stereocenters. The average Bonchev–Trinajstić information content (AvgIpc) is 2.87. The van der Waals surface area contributed by atoms with Crippen LogP contribution < -0.4 is 0 Å². The molecule has 0 saturated heterocycles. The van der Waals surface area contributed by atoms with E-state index < -0.39 is 0 Å². The zero-order valence-electron chi connectivity index (χ0n) is 11.9. The maximum Gasteiger partial charge on any atom is 0.255 e. The lowest BCUT2D eigenvalue weighted by molar-refractivity contribution is 0.0771. The lowest BCUT2D eigenvalue weighted by Gasteiger charge is -2.14. The van der Waals surface area contributed by atoms with Crippen molar-refractivity contribution in [1.29, 1.82) is 0 Å². The molecule has 2 aromatic heterocycles. The topological polar surface area (TPSA) is 64.2 Å². The number of hydrogen-bond acceptors (Lipinski definition) is 4. The highest BCUT2D eigenvalue weighted by molar-refractivity contribution is 5.95. The Labute approximate surface area is 112 Å². The van der Waals surface area contributed by atoms with Crippen LogP contribution in [0.1, 0.15) is 33.5 Å². The molecule has 0 N–H and O–H groups in total. The van der Waals surface area contributed by atoms with Crippen molar-refractivity contribution in [3.05, 3.63) is 34.8 Å². The van der Waals surface area contributed by atoms with E-state index in [1.165, 1.54) is 0 Å². The van der Waals surface area contributed by atoms with Gasteiger partial charge in [0.15, 0.2) is 0 Å². The molecule has 2 rings (SSSR count). The largest absolute Gasteiger partial charge is 0.424 e. The lowest BCUT2D eigenvalue weighted by Crippen LogP contribution is -2.26. The SMILES string of the molecule is Cc1nnc(CN(C)C(=O)c2cc(C)n(C)c2C)o1. The molecule has 0 aliphatic heterocycles. The van der Waals surface area contributed by atoms with Gasteiger partial charge < -0.3 is 13.9 Å². The number of aromatic nitrogens is 3. The van der Waals surface area contributed by atoms with Crippen molar-refractivity contribution >= 4 is 5.91 Å². The Kier molecular flexibility index (Phi) is 3.42. The Morgan fingerprint density at radius 3 is 2.53 bits per heavy atom. The van der Waals surface area contributed by atoms with Crippen molar-refractivity contribution in [3.8, 4) is 0 Å². The molecular weight excluding hydrogens is 244 g/mol. The summed E-state index contributed by atoms with van der Waals surface area (Å²) in [7, 11) is 3.67. The third-order valence-electron chi connectivity index (χ3n) is 3.29. The number of carbonyl (C=O) groups is 1. The standard InChI is InChI=1S/C13H18N4O2/c1-8-6-11(9(2)17(8)5)13(18)16(4)7-12-15-14-10(3)19-12/h6H,7H2,1-5H3. The summed E-state index contributed by atoms with van der Waals surface area (Å²) in [5.41, 5.74) is 2.72. The predicted octanol–water partition coefficient (Wildman–Crippen LogP) is 1.61. The first-order chi connectivity index (χ1) is 8.90. The van der Waals surface area contributed by atoms with Crippen LogP contribution in [-0.4, -0.2) is 32.6 Å². The first-order valence-electron chi connectivity index (χ1n) is 6.07. The highest BCUT2D eigenvalue weighted by atomic mass is 16.4. The molecule has 0 atom stereocenters. The van der Waals surface area contributed by atoms with Crippen LogP contribution in [0.3, 0.4) is 0 Å². The molecule has 0 radical (unpaired) electrons. The number of amides is 1. The summed E-state index contributed by atoms with van der Waals surface area (Å²) in [6.45, 7) is 5.95. The first kappa shape index (κ1) is 13.3. The Morgan fingerprint density at radius 2 is 2.05 bits per heavy atom. The summed E-state index contributed by atoms with van der Waals surface area (Å²) < 4.78 is 7.28. The summed E-state index contributed by atoms with van der Waals surface area (Å²) in [6, 6.07) is 1.90. The highest BCUT2D eigenvalue weighted by Crippen LogP contribution is 2.16. The Morgan fingerprint density at radius 1 is 1.37 bits per heavy atom. The van der Waals surface area contributed by atoms with E-state index in [1.807, 2.05) is 31.5 Å². The monoisotopic (exact) mass is 262 g/mol. The van der Waals surface area contributed by atoms with E-state index in [1.54, 1.807) is 18.9 Å². The van der Waals surface area contributed by atoms with Gasteiger partial charge in [0.1, 0.15) is 0 Å². The third kappa shape index (κ3) is 2.52. The zero-order chi connectivity index (χ0) is 14.2. The van der Waals surface area contributed by atoms with Crippen molar-refractivity contribution in [1.82, 2.24) is 19.7 Å². The van der Waals surface area contributed by atoms with Crippen molar-refractivity contribution < 1.29 is 9.21 Å². The van der Waals surface area contributed by atoms with Crippen LogP contribution in [0.15, 0.2) is 10.5 Å². The van der Waals surface area contributed by atoms with Crippen LogP contribution in [0, 0.1) is 20.8 Å². The number of rotatable bonds is 3. The maximum atomic E-state index is 12.4. The molecule has 1 amide bonds. The lowest BCUT2D eigenvalue weighted by atomic mass is 10.2. The molecule has 0 aliphatic carbocycles. The molecule has 2 aromatic rings. The predicted molar refractivity (Wildman–Crippen MR) is 69.7 cm³/mol. The molecule has 0 aliphatic rings. The van der Waals surface area contributed by atoms with Gasteiger partial charge in [0.2, 0.25) is 11.8 Å². The third-order valence-corrected chi connectivity index (χ3v) is 3.29. The van der Waals surface area contributed by atoms with Crippen molar-refractivity contribution in [2.45, 2.75) is 27.3 Å². The molecule has 0 saturated carbocycles. The highest BCUT2D eigenvalue weighted by Gasteiger charge is 2.19. The first-order valence-corrected chi connectivity index (χ1v) is 6.07. The molecule has 2 heterocycles. The fraction of sp³-hybridized carbons (Fsp3) is 0.462. The molecule has 19 heavy (non-hydrogen) atoms. The van der Waals surface area contributed by atoms with Crippen LogP contribution in [0.5, 0.6) is 0 Å². The second-order valence-corrected chi connectivity index (χ2v) is 4.72. The van der Waals surface area contributed by atoms with Gasteiger partial charge in [0.05, 0.1) is 12.1 Å². The van der Waals surface area contributed by atoms with Gasteiger partial charge in [-0.1, -0.05) is 0 Å². The van der Waals surface area contributed by atoms with E-state index >= 15 is 0 Å². The average molecular weight is 262 g/mol. The van der Waals surface area contributed by atoms with Crippen LogP contribution in [0.2, 0.25) is 0 Å². The second kappa shape index (κ2) is 4.87. The molecular formula is C13H18N4O2. The molecule has 0 aromatic carbocycles. The van der Waals surface area contributed by atoms with Gasteiger partial charge in [-0.05, 0) is 19.9 Å². The Bertz CT molecular complexity index is 612. The van der Waals surface area contributed by atoms with Gasteiger partial charge in [-0.25, -0.2) is 0 Å². The number of nitrogens with zero attached hydrogens (tertiary/aromatic N) is 4. The Balaban J connectivity index is 2.17. The maximum absolute atomic E-state index is 12.4. The van der Waals surface area contributed by atoms with Gasteiger partial charge >= 0.3 is 0 Å². The van der Waals surface area contributed by atoms with Crippen LogP contribution in [0.25, 0.3) is 0 Å². The molecule has 102 valence electrons. The van der Waals surface area contributed by atoms with E-state index in [0.717, 1.165) is 11.4 Å². The molecule has 0 spiro atoms.